The highest BCUT2D eigenvalue weighted by atomic mass is 35.5. The van der Waals surface area contributed by atoms with E-state index in [0.717, 1.165) is 27.4 Å². The molecule has 1 unspecified atom stereocenters. The van der Waals surface area contributed by atoms with Crippen molar-refractivity contribution < 1.29 is 0 Å². The maximum Gasteiger partial charge on any atom is 0.157 e. The van der Waals surface area contributed by atoms with Crippen molar-refractivity contribution in [3.05, 3.63) is 34.9 Å². The molecule has 1 saturated heterocycles. The van der Waals surface area contributed by atoms with Gasteiger partial charge in [-0.15, -0.1) is 0 Å². The van der Waals surface area contributed by atoms with E-state index < -0.39 is 0 Å². The minimum atomic E-state index is 0.577. The van der Waals surface area contributed by atoms with Crippen LogP contribution in [0.2, 0.25) is 5.02 Å². The summed E-state index contributed by atoms with van der Waals surface area (Å²) in [6.07, 6.45) is 1.21. The van der Waals surface area contributed by atoms with Gasteiger partial charge in [0.15, 0.2) is 5.17 Å². The molecular formula is C14H19ClN2S. The molecule has 1 aromatic rings. The smallest absolute Gasteiger partial charge is 0.157 e. The van der Waals surface area contributed by atoms with Crippen molar-refractivity contribution in [1.29, 1.82) is 0 Å². The zero-order valence-electron chi connectivity index (χ0n) is 10.8. The van der Waals surface area contributed by atoms with Gasteiger partial charge in [-0.3, -0.25) is 4.99 Å². The lowest BCUT2D eigenvalue weighted by atomic mass is 10.1. The van der Waals surface area contributed by atoms with Crippen LogP contribution >= 0.6 is 23.4 Å². The highest BCUT2D eigenvalue weighted by Crippen LogP contribution is 2.20. The molecule has 1 N–H and O–H groups in total. The Bertz CT molecular complexity index is 432. The minimum absolute atomic E-state index is 0.577. The van der Waals surface area contributed by atoms with Gasteiger partial charge in [0, 0.05) is 16.8 Å². The van der Waals surface area contributed by atoms with E-state index in [0.29, 0.717) is 12.6 Å². The van der Waals surface area contributed by atoms with E-state index in [1.807, 2.05) is 30.0 Å². The van der Waals surface area contributed by atoms with Gasteiger partial charge in [0.2, 0.25) is 0 Å². The summed E-state index contributed by atoms with van der Waals surface area (Å²) in [4.78, 5) is 4.60. The van der Waals surface area contributed by atoms with Crippen LogP contribution in [0.3, 0.4) is 0 Å². The van der Waals surface area contributed by atoms with Crippen LogP contribution in [0.4, 0.5) is 0 Å². The number of hydrogen-bond acceptors (Lipinski definition) is 2. The predicted molar refractivity (Wildman–Crippen MR) is 81.4 cm³/mol. The lowest BCUT2D eigenvalue weighted by molar-refractivity contribution is 0.502. The van der Waals surface area contributed by atoms with E-state index >= 15 is 0 Å². The van der Waals surface area contributed by atoms with Crippen molar-refractivity contribution in [2.75, 3.05) is 5.75 Å². The molecule has 1 fully saturated rings. The topological polar surface area (TPSA) is 24.4 Å². The molecule has 18 heavy (non-hydrogen) atoms. The van der Waals surface area contributed by atoms with Crippen LogP contribution in [-0.2, 0) is 6.54 Å². The Labute approximate surface area is 118 Å². The van der Waals surface area contributed by atoms with Gasteiger partial charge in [0.1, 0.15) is 0 Å². The molecule has 1 aliphatic rings. The van der Waals surface area contributed by atoms with Gasteiger partial charge in [-0.25, -0.2) is 0 Å². The molecule has 0 amide bonds. The van der Waals surface area contributed by atoms with E-state index in [4.69, 9.17) is 11.6 Å². The van der Waals surface area contributed by atoms with Crippen molar-refractivity contribution in [1.82, 2.24) is 5.32 Å². The van der Waals surface area contributed by atoms with Gasteiger partial charge < -0.3 is 5.32 Å². The Balaban J connectivity index is 1.88. The molecule has 0 bridgehead atoms. The number of nitrogens with one attached hydrogen (secondary N) is 1. The predicted octanol–water partition coefficient (Wildman–Crippen LogP) is 3.95. The molecule has 0 aromatic heterocycles. The third kappa shape index (κ3) is 4.21. The molecule has 1 aliphatic heterocycles. The summed E-state index contributed by atoms with van der Waals surface area (Å²) in [7, 11) is 0. The number of nitrogens with zero attached hydrogens (tertiary/aromatic N) is 1. The summed E-state index contributed by atoms with van der Waals surface area (Å²) >= 11 is 7.77. The maximum atomic E-state index is 5.95. The first-order valence-electron chi connectivity index (χ1n) is 6.31. The molecule has 1 heterocycles. The third-order valence-electron chi connectivity index (χ3n) is 2.80. The number of amidine groups is 1. The Hall–Kier alpha value is -0.670. The largest absolute Gasteiger partial charge is 0.361 e. The van der Waals surface area contributed by atoms with Gasteiger partial charge in [0.25, 0.3) is 0 Å². The lowest BCUT2D eigenvalue weighted by Gasteiger charge is -2.11. The monoisotopic (exact) mass is 282 g/mol. The second-order valence-electron chi connectivity index (χ2n) is 5.03. The van der Waals surface area contributed by atoms with Crippen molar-refractivity contribution >= 4 is 28.5 Å². The van der Waals surface area contributed by atoms with Crippen molar-refractivity contribution in [2.24, 2.45) is 10.9 Å². The fourth-order valence-electron chi connectivity index (χ4n) is 2.02. The van der Waals surface area contributed by atoms with E-state index in [-0.39, 0.29) is 0 Å². The Morgan fingerprint density at radius 2 is 2.33 bits per heavy atom. The number of hydrogen-bond donors (Lipinski definition) is 1. The molecule has 98 valence electrons. The first-order chi connectivity index (χ1) is 8.63. The highest BCUT2D eigenvalue weighted by Gasteiger charge is 2.20. The molecule has 0 saturated carbocycles. The van der Waals surface area contributed by atoms with E-state index in [1.54, 1.807) is 0 Å². The third-order valence-corrected chi connectivity index (χ3v) is 4.12. The van der Waals surface area contributed by atoms with Crippen molar-refractivity contribution in [3.63, 3.8) is 0 Å². The Morgan fingerprint density at radius 1 is 1.50 bits per heavy atom. The minimum Gasteiger partial charge on any atom is -0.361 e. The van der Waals surface area contributed by atoms with Gasteiger partial charge in [-0.2, -0.15) is 0 Å². The SMILES string of the molecule is CC(C)CC1CSC(=NCc2cccc(Cl)c2)N1. The van der Waals surface area contributed by atoms with Crippen LogP contribution in [-0.4, -0.2) is 17.0 Å². The molecule has 1 atom stereocenters. The quantitative estimate of drug-likeness (QED) is 0.904. The van der Waals surface area contributed by atoms with Crippen LogP contribution in [0.1, 0.15) is 25.8 Å². The molecule has 0 spiro atoms. The zero-order valence-corrected chi connectivity index (χ0v) is 12.4. The Morgan fingerprint density at radius 3 is 3.06 bits per heavy atom. The normalized spacial score (nSPS) is 21.6. The first-order valence-corrected chi connectivity index (χ1v) is 7.68. The average Bonchev–Trinajstić information content (AvgIpc) is 2.73. The summed E-state index contributed by atoms with van der Waals surface area (Å²) in [5.41, 5.74) is 1.16. The number of aliphatic imine (C=N–C) groups is 1. The van der Waals surface area contributed by atoms with Crippen LogP contribution in [0, 0.1) is 5.92 Å². The summed E-state index contributed by atoms with van der Waals surface area (Å²) in [6.45, 7) is 5.21. The lowest BCUT2D eigenvalue weighted by Crippen LogP contribution is -2.28. The van der Waals surface area contributed by atoms with E-state index in [1.165, 1.54) is 6.42 Å². The Kier molecular flexibility index (Phi) is 4.95. The maximum absolute atomic E-state index is 5.95. The van der Waals surface area contributed by atoms with Gasteiger partial charge in [0.05, 0.1) is 6.54 Å². The molecular weight excluding hydrogens is 264 g/mol. The van der Waals surface area contributed by atoms with Crippen molar-refractivity contribution in [2.45, 2.75) is 32.9 Å². The molecule has 2 nitrogen and oxygen atoms in total. The summed E-state index contributed by atoms with van der Waals surface area (Å²) in [6, 6.07) is 8.46. The zero-order chi connectivity index (χ0) is 13.0. The van der Waals surface area contributed by atoms with Gasteiger partial charge >= 0.3 is 0 Å². The summed E-state index contributed by atoms with van der Waals surface area (Å²) in [5.74, 6) is 1.86. The summed E-state index contributed by atoms with van der Waals surface area (Å²) in [5, 5.41) is 5.33. The average molecular weight is 283 g/mol. The second kappa shape index (κ2) is 6.48. The summed E-state index contributed by atoms with van der Waals surface area (Å²) < 4.78 is 0. The van der Waals surface area contributed by atoms with Gasteiger partial charge in [-0.1, -0.05) is 49.3 Å². The van der Waals surface area contributed by atoms with Crippen LogP contribution in [0.15, 0.2) is 29.3 Å². The fourth-order valence-corrected chi connectivity index (χ4v) is 3.22. The van der Waals surface area contributed by atoms with Crippen LogP contribution < -0.4 is 5.32 Å². The molecule has 1 aromatic carbocycles. The fraction of sp³-hybridized carbons (Fsp3) is 0.500. The van der Waals surface area contributed by atoms with E-state index in [2.05, 4.69) is 30.2 Å². The second-order valence-corrected chi connectivity index (χ2v) is 6.48. The number of benzene rings is 1. The standard InChI is InChI=1S/C14H19ClN2S/c1-10(2)6-13-9-18-14(17-13)16-8-11-4-3-5-12(15)7-11/h3-5,7,10,13H,6,8-9H2,1-2H3,(H,16,17). The number of halogens is 1. The number of rotatable bonds is 4. The molecule has 2 rings (SSSR count). The molecule has 0 aliphatic carbocycles. The highest BCUT2D eigenvalue weighted by molar-refractivity contribution is 8.14. The van der Waals surface area contributed by atoms with Crippen LogP contribution in [0.5, 0.6) is 0 Å². The first kappa shape index (κ1) is 13.8. The van der Waals surface area contributed by atoms with E-state index in [9.17, 15) is 0 Å². The number of thioether (sulfide) groups is 1. The van der Waals surface area contributed by atoms with Crippen molar-refractivity contribution in [3.8, 4) is 0 Å². The molecule has 4 heteroatoms. The van der Waals surface area contributed by atoms with Crippen LogP contribution in [0.25, 0.3) is 0 Å². The van der Waals surface area contributed by atoms with Gasteiger partial charge in [-0.05, 0) is 30.0 Å². The molecule has 0 radical (unpaired) electrons.